The maximum absolute atomic E-state index is 13.4. The number of nitrogens with zero attached hydrogens (tertiary/aromatic N) is 2. The third-order valence-corrected chi connectivity index (χ3v) is 5.69. The van der Waals surface area contributed by atoms with Crippen molar-refractivity contribution in [3.05, 3.63) is 17.7 Å². The van der Waals surface area contributed by atoms with Crippen molar-refractivity contribution in [2.24, 2.45) is 5.92 Å². The maximum atomic E-state index is 13.4. The molecule has 2 aliphatic heterocycles. The number of methoxy groups -OCH3 is 3. The van der Waals surface area contributed by atoms with Gasteiger partial charge in [-0.15, -0.1) is 0 Å². The van der Waals surface area contributed by atoms with Crippen LogP contribution in [0.2, 0.25) is 0 Å². The van der Waals surface area contributed by atoms with Gasteiger partial charge in [0.05, 0.1) is 40.5 Å². The Morgan fingerprint density at radius 1 is 1.03 bits per heavy atom. The molecule has 0 aliphatic carbocycles. The molecule has 3 rings (SSSR count). The van der Waals surface area contributed by atoms with Gasteiger partial charge in [-0.2, -0.15) is 0 Å². The summed E-state index contributed by atoms with van der Waals surface area (Å²) in [6.07, 6.45) is 0. The van der Waals surface area contributed by atoms with Crippen molar-refractivity contribution >= 4 is 11.9 Å². The van der Waals surface area contributed by atoms with Crippen molar-refractivity contribution in [1.82, 2.24) is 15.1 Å². The molecule has 9 heteroatoms. The summed E-state index contributed by atoms with van der Waals surface area (Å²) in [4.78, 5) is 29.4. The maximum Gasteiger partial charge on any atom is 0.317 e. The van der Waals surface area contributed by atoms with Crippen LogP contribution in [0.4, 0.5) is 4.79 Å². The molecule has 2 unspecified atom stereocenters. The summed E-state index contributed by atoms with van der Waals surface area (Å²) in [7, 11) is 4.68. The minimum absolute atomic E-state index is 0.0452. The fourth-order valence-corrected chi connectivity index (χ4v) is 4.15. The van der Waals surface area contributed by atoms with Crippen LogP contribution in [0.15, 0.2) is 12.1 Å². The van der Waals surface area contributed by atoms with Gasteiger partial charge >= 0.3 is 6.03 Å². The van der Waals surface area contributed by atoms with E-state index in [-0.39, 0.29) is 23.8 Å². The molecule has 1 aromatic carbocycles. The molecule has 0 bridgehead atoms. The fourth-order valence-electron chi connectivity index (χ4n) is 4.15. The Balaban J connectivity index is 1.95. The van der Waals surface area contributed by atoms with E-state index in [1.807, 2.05) is 24.0 Å². The van der Waals surface area contributed by atoms with Crippen molar-refractivity contribution in [1.29, 1.82) is 0 Å². The van der Waals surface area contributed by atoms with Gasteiger partial charge in [-0.25, -0.2) is 4.79 Å². The molecular weight excluding hydrogens is 390 g/mol. The van der Waals surface area contributed by atoms with Crippen molar-refractivity contribution in [3.63, 3.8) is 0 Å². The van der Waals surface area contributed by atoms with Crippen LogP contribution in [-0.2, 0) is 9.53 Å². The number of carbonyl (C=O) groups excluding carboxylic acids is 2. The summed E-state index contributed by atoms with van der Waals surface area (Å²) in [6, 6.07) is 3.58. The number of morpholine rings is 1. The lowest BCUT2D eigenvalue weighted by Gasteiger charge is -2.31. The number of carbonyl (C=O) groups is 2. The van der Waals surface area contributed by atoms with Crippen LogP contribution in [0, 0.1) is 5.92 Å². The molecule has 0 aromatic heterocycles. The fraction of sp³-hybridized carbons (Fsp3) is 0.619. The standard InChI is InChI=1S/C21H31N3O6/c1-5-22-21(26)24-12-15(16(13-24)20(25)23-6-8-30-9-7-23)14-10-17(27-2)19(29-4)18(11-14)28-3/h10-11,15-16H,5-9,12-13H2,1-4H3,(H,22,26). The molecule has 1 aromatic rings. The molecule has 2 heterocycles. The van der Waals surface area contributed by atoms with Crippen LogP contribution in [-0.4, -0.2) is 89.0 Å². The third-order valence-electron chi connectivity index (χ3n) is 5.69. The molecule has 2 aliphatic rings. The molecule has 0 radical (unpaired) electrons. The second-order valence-electron chi connectivity index (χ2n) is 7.35. The molecule has 3 amide bonds. The van der Waals surface area contributed by atoms with E-state index >= 15 is 0 Å². The summed E-state index contributed by atoms with van der Waals surface area (Å²) >= 11 is 0. The van der Waals surface area contributed by atoms with Crippen LogP contribution in [0.3, 0.4) is 0 Å². The number of ether oxygens (including phenoxy) is 4. The zero-order chi connectivity index (χ0) is 21.7. The predicted octanol–water partition coefficient (Wildman–Crippen LogP) is 1.32. The number of hydrogen-bond donors (Lipinski definition) is 1. The lowest BCUT2D eigenvalue weighted by Crippen LogP contribution is -2.45. The molecule has 2 atom stereocenters. The highest BCUT2D eigenvalue weighted by molar-refractivity contribution is 5.83. The van der Waals surface area contributed by atoms with Crippen LogP contribution < -0.4 is 19.5 Å². The normalized spacial score (nSPS) is 21.3. The number of urea groups is 1. The molecule has 0 spiro atoms. The molecule has 2 saturated heterocycles. The van der Waals surface area contributed by atoms with E-state index in [0.717, 1.165) is 5.56 Å². The van der Waals surface area contributed by atoms with E-state index in [1.54, 1.807) is 26.2 Å². The van der Waals surface area contributed by atoms with Gasteiger partial charge in [0.1, 0.15) is 0 Å². The molecule has 166 valence electrons. The summed E-state index contributed by atoms with van der Waals surface area (Å²) < 4.78 is 21.8. The number of rotatable bonds is 6. The average Bonchev–Trinajstić information content (AvgIpc) is 3.24. The lowest BCUT2D eigenvalue weighted by atomic mass is 9.87. The Morgan fingerprint density at radius 3 is 2.20 bits per heavy atom. The number of benzene rings is 1. The van der Waals surface area contributed by atoms with Gasteiger partial charge in [-0.3, -0.25) is 4.79 Å². The Morgan fingerprint density at radius 2 is 1.67 bits per heavy atom. The van der Waals surface area contributed by atoms with Gasteiger partial charge in [0.25, 0.3) is 0 Å². The Hall–Kier alpha value is -2.68. The van der Waals surface area contributed by atoms with Gasteiger partial charge in [-0.1, -0.05) is 0 Å². The Kier molecular flexibility index (Phi) is 7.25. The van der Waals surface area contributed by atoms with E-state index in [1.165, 1.54) is 0 Å². The summed E-state index contributed by atoms with van der Waals surface area (Å²) in [5.41, 5.74) is 0.878. The monoisotopic (exact) mass is 421 g/mol. The van der Waals surface area contributed by atoms with Crippen molar-refractivity contribution in [2.75, 3.05) is 67.3 Å². The highest BCUT2D eigenvalue weighted by atomic mass is 16.5. The SMILES string of the molecule is CCNC(=O)N1CC(C(=O)N2CCOCC2)C(c2cc(OC)c(OC)c(OC)c2)C1. The predicted molar refractivity (Wildman–Crippen MR) is 110 cm³/mol. The smallest absolute Gasteiger partial charge is 0.317 e. The van der Waals surface area contributed by atoms with Crippen molar-refractivity contribution < 1.29 is 28.5 Å². The lowest BCUT2D eigenvalue weighted by molar-refractivity contribution is -0.139. The first-order valence-corrected chi connectivity index (χ1v) is 10.2. The van der Waals surface area contributed by atoms with Crippen molar-refractivity contribution in [3.8, 4) is 17.2 Å². The van der Waals surface area contributed by atoms with Crippen LogP contribution >= 0.6 is 0 Å². The topological polar surface area (TPSA) is 89.6 Å². The zero-order valence-electron chi connectivity index (χ0n) is 18.1. The van der Waals surface area contributed by atoms with E-state index in [2.05, 4.69) is 5.32 Å². The third kappa shape index (κ3) is 4.40. The van der Waals surface area contributed by atoms with Crippen LogP contribution in [0.1, 0.15) is 18.4 Å². The van der Waals surface area contributed by atoms with Gasteiger partial charge in [-0.05, 0) is 24.6 Å². The van der Waals surface area contributed by atoms with E-state index in [4.69, 9.17) is 18.9 Å². The first-order valence-electron chi connectivity index (χ1n) is 10.2. The zero-order valence-corrected chi connectivity index (χ0v) is 18.1. The number of amides is 3. The second-order valence-corrected chi connectivity index (χ2v) is 7.35. The largest absolute Gasteiger partial charge is 0.493 e. The minimum Gasteiger partial charge on any atom is -0.493 e. The molecule has 0 saturated carbocycles. The second kappa shape index (κ2) is 9.88. The number of likely N-dealkylation sites (tertiary alicyclic amines) is 1. The number of nitrogens with one attached hydrogen (secondary N) is 1. The minimum atomic E-state index is -0.353. The van der Waals surface area contributed by atoms with Gasteiger partial charge < -0.3 is 34.1 Å². The highest BCUT2D eigenvalue weighted by Crippen LogP contribution is 2.43. The van der Waals surface area contributed by atoms with Crippen LogP contribution in [0.25, 0.3) is 0 Å². The first-order chi connectivity index (χ1) is 14.5. The highest BCUT2D eigenvalue weighted by Gasteiger charge is 2.42. The first kappa shape index (κ1) is 22.0. The van der Waals surface area contributed by atoms with E-state index in [0.29, 0.717) is 63.2 Å². The van der Waals surface area contributed by atoms with Crippen LogP contribution in [0.5, 0.6) is 17.2 Å². The van der Waals surface area contributed by atoms with Gasteiger partial charge in [0.2, 0.25) is 11.7 Å². The Bertz CT molecular complexity index is 740. The van der Waals surface area contributed by atoms with Gasteiger partial charge in [0, 0.05) is 38.6 Å². The molecular formula is C21H31N3O6. The summed E-state index contributed by atoms with van der Waals surface area (Å²) in [6.45, 7) is 5.42. The van der Waals surface area contributed by atoms with E-state index < -0.39 is 0 Å². The number of hydrogen-bond acceptors (Lipinski definition) is 6. The van der Waals surface area contributed by atoms with Crippen molar-refractivity contribution in [2.45, 2.75) is 12.8 Å². The van der Waals surface area contributed by atoms with E-state index in [9.17, 15) is 9.59 Å². The molecule has 9 nitrogen and oxygen atoms in total. The molecule has 1 N–H and O–H groups in total. The average molecular weight is 421 g/mol. The summed E-state index contributed by atoms with van der Waals surface area (Å²) in [5.74, 6) is 1.06. The molecule has 2 fully saturated rings. The Labute approximate surface area is 177 Å². The summed E-state index contributed by atoms with van der Waals surface area (Å²) in [5, 5.41) is 2.83. The van der Waals surface area contributed by atoms with Gasteiger partial charge in [0.15, 0.2) is 11.5 Å². The molecule has 30 heavy (non-hydrogen) atoms. The quantitative estimate of drug-likeness (QED) is 0.745.